The molecule has 0 aromatic heterocycles. The third kappa shape index (κ3) is 4.87. The fourth-order valence-electron chi connectivity index (χ4n) is 6.68. The molecule has 35 heavy (non-hydrogen) atoms. The predicted molar refractivity (Wildman–Crippen MR) is 140 cm³/mol. The van der Waals surface area contributed by atoms with Crippen LogP contribution in [0.1, 0.15) is 46.1 Å². The maximum atomic E-state index is 13.8. The number of amides is 1. The van der Waals surface area contributed by atoms with E-state index < -0.39 is 24.2 Å². The number of aliphatic hydroxyl groups excluding tert-OH is 1. The highest BCUT2D eigenvalue weighted by atomic mass is 127. The van der Waals surface area contributed by atoms with Crippen LogP contribution in [-0.4, -0.2) is 54.0 Å². The zero-order valence-electron chi connectivity index (χ0n) is 21.0. The van der Waals surface area contributed by atoms with Crippen LogP contribution in [-0.2, 0) is 16.2 Å². The van der Waals surface area contributed by atoms with Gasteiger partial charge in [-0.15, -0.1) is 0 Å². The lowest BCUT2D eigenvalue weighted by atomic mass is 9.45. The van der Waals surface area contributed by atoms with Crippen molar-refractivity contribution < 1.29 is 19.5 Å². The molecule has 1 aromatic carbocycles. The van der Waals surface area contributed by atoms with E-state index in [1.54, 1.807) is 19.1 Å². The van der Waals surface area contributed by atoms with E-state index in [0.717, 1.165) is 21.3 Å². The maximum absolute atomic E-state index is 13.8. The minimum atomic E-state index is -0.830. The summed E-state index contributed by atoms with van der Waals surface area (Å²) in [6, 6.07) is 5.20. The molecule has 1 aromatic rings. The van der Waals surface area contributed by atoms with Gasteiger partial charge in [0.05, 0.1) is 36.0 Å². The topological polar surface area (TPSA) is 120 Å². The van der Waals surface area contributed by atoms with E-state index in [2.05, 4.69) is 58.7 Å². The number of nitrogens with zero attached hydrogens (tertiary/aromatic N) is 4. The molecule has 2 N–H and O–H groups in total. The first-order valence-electron chi connectivity index (χ1n) is 12.3. The summed E-state index contributed by atoms with van der Waals surface area (Å²) >= 11 is 2.22. The van der Waals surface area contributed by atoms with Crippen molar-refractivity contribution in [2.75, 3.05) is 13.7 Å². The Morgan fingerprint density at radius 3 is 2.80 bits per heavy atom. The Bertz CT molecular complexity index is 998. The number of nitrogens with one attached hydrogen (secondary N) is 1. The summed E-state index contributed by atoms with van der Waals surface area (Å²) in [6.07, 6.45) is 0.766. The Balaban J connectivity index is 1.60. The molecule has 192 valence electrons. The zero-order valence-corrected chi connectivity index (χ0v) is 23.2. The molecule has 1 heterocycles. The second kappa shape index (κ2) is 10.4. The summed E-state index contributed by atoms with van der Waals surface area (Å²) in [7, 11) is 1.62. The number of aliphatic hydroxyl groups is 1. The van der Waals surface area contributed by atoms with Gasteiger partial charge >= 0.3 is 0 Å². The summed E-state index contributed by atoms with van der Waals surface area (Å²) in [5.41, 5.74) is 10.1. The third-order valence-electron chi connectivity index (χ3n) is 8.79. The molecule has 5 rings (SSSR count). The molecule has 2 bridgehead atoms. The molecule has 1 aliphatic heterocycles. The molecule has 3 aliphatic carbocycles. The van der Waals surface area contributed by atoms with Crippen LogP contribution in [0.15, 0.2) is 23.3 Å². The van der Waals surface area contributed by atoms with Crippen LogP contribution in [0.25, 0.3) is 10.4 Å². The lowest BCUT2D eigenvalue weighted by molar-refractivity contribution is -0.175. The third-order valence-corrected chi connectivity index (χ3v) is 9.64. The van der Waals surface area contributed by atoms with Crippen molar-refractivity contribution in [2.45, 2.75) is 71.4 Å². The smallest absolute Gasteiger partial charge is 0.240 e. The molecule has 0 spiro atoms. The summed E-state index contributed by atoms with van der Waals surface area (Å²) in [5, 5.41) is 19.3. The lowest BCUT2D eigenvalue weighted by Gasteiger charge is -2.62. The number of halogens is 1. The van der Waals surface area contributed by atoms with Gasteiger partial charge in [-0.05, 0) is 77.1 Å². The normalized spacial score (nSPS) is 34.4. The SMILES string of the molecule is COc1c(I)cccc1CN1O[C@@H](CN=[N+]=[N-])[C@@H]([C@H](C)O)[C@H]1C(=O)N[C@H]1C[C@@H]2C[C@H]([C@@H]1C)C2(C)C. The Labute approximate surface area is 220 Å². The van der Waals surface area contributed by atoms with Crippen LogP contribution in [0.2, 0.25) is 0 Å². The molecule has 1 saturated heterocycles. The van der Waals surface area contributed by atoms with Crippen LogP contribution in [0.3, 0.4) is 0 Å². The molecule has 0 radical (unpaired) electrons. The number of rotatable bonds is 8. The average molecular weight is 597 g/mol. The molecule has 4 aliphatic rings. The summed E-state index contributed by atoms with van der Waals surface area (Å²) in [6.45, 7) is 8.91. The van der Waals surface area contributed by atoms with Gasteiger partial charge in [0.15, 0.2) is 0 Å². The van der Waals surface area contributed by atoms with Gasteiger partial charge in [0.2, 0.25) is 5.91 Å². The number of azide groups is 1. The Kier molecular flexibility index (Phi) is 7.88. The maximum Gasteiger partial charge on any atom is 0.240 e. The van der Waals surface area contributed by atoms with Crippen molar-refractivity contribution in [1.29, 1.82) is 0 Å². The van der Waals surface area contributed by atoms with Crippen LogP contribution in [0.4, 0.5) is 0 Å². The van der Waals surface area contributed by atoms with Gasteiger partial charge in [0.25, 0.3) is 0 Å². The average Bonchev–Trinajstić information content (AvgIpc) is 3.17. The standard InChI is InChI=1S/C25H36IN5O4/c1-13-17-9-16(25(17,3)4)10-19(13)29-24(33)22-21(14(2)32)20(11-28-30-27)35-31(22)12-15-7-6-8-18(26)23(15)34-5/h6-8,13-14,16-17,19-22,32H,9-12H2,1-5H3,(H,29,33)/t13-,14-,16-,17+,19-,20-,21+,22-/m0/s1. The number of hydroxylamine groups is 2. The van der Waals surface area contributed by atoms with E-state index in [1.807, 2.05) is 18.2 Å². The second-order valence-corrected chi connectivity index (χ2v) is 12.1. The number of fused-ring (bicyclic) bond motifs is 2. The molecule has 1 amide bonds. The van der Waals surface area contributed by atoms with Crippen LogP contribution in [0, 0.1) is 32.7 Å². The van der Waals surface area contributed by atoms with Gasteiger partial charge in [-0.25, -0.2) is 0 Å². The zero-order chi connectivity index (χ0) is 25.5. The minimum absolute atomic E-state index is 0.0357. The number of para-hydroxylation sites is 1. The molecule has 3 saturated carbocycles. The van der Waals surface area contributed by atoms with Crippen molar-refractivity contribution >= 4 is 28.5 Å². The minimum Gasteiger partial charge on any atom is -0.495 e. The number of hydrogen-bond donors (Lipinski definition) is 2. The van der Waals surface area contributed by atoms with Crippen molar-refractivity contribution in [3.63, 3.8) is 0 Å². The fourth-order valence-corrected chi connectivity index (χ4v) is 7.45. The van der Waals surface area contributed by atoms with Crippen LogP contribution < -0.4 is 10.1 Å². The predicted octanol–water partition coefficient (Wildman–Crippen LogP) is 4.28. The number of methoxy groups -OCH3 is 1. The molecular weight excluding hydrogens is 561 g/mol. The van der Waals surface area contributed by atoms with Gasteiger partial charge in [-0.2, -0.15) is 5.06 Å². The van der Waals surface area contributed by atoms with E-state index in [0.29, 0.717) is 29.7 Å². The number of ether oxygens (including phenoxy) is 1. The largest absolute Gasteiger partial charge is 0.495 e. The Morgan fingerprint density at radius 1 is 1.46 bits per heavy atom. The molecule has 10 heteroatoms. The Hall–Kier alpha value is -1.59. The molecule has 9 nitrogen and oxygen atoms in total. The molecule has 4 fully saturated rings. The number of carbonyl (C=O) groups excluding carboxylic acids is 1. The summed E-state index contributed by atoms with van der Waals surface area (Å²) in [4.78, 5) is 22.9. The van der Waals surface area contributed by atoms with Crippen molar-refractivity contribution in [3.05, 3.63) is 37.8 Å². The van der Waals surface area contributed by atoms with Crippen molar-refractivity contribution in [2.24, 2.45) is 34.2 Å². The van der Waals surface area contributed by atoms with Crippen molar-refractivity contribution in [1.82, 2.24) is 10.4 Å². The van der Waals surface area contributed by atoms with Gasteiger partial charge in [-0.3, -0.25) is 9.63 Å². The van der Waals surface area contributed by atoms with Crippen LogP contribution in [0.5, 0.6) is 5.75 Å². The van der Waals surface area contributed by atoms with E-state index in [-0.39, 0.29) is 18.5 Å². The van der Waals surface area contributed by atoms with Crippen molar-refractivity contribution in [3.8, 4) is 5.75 Å². The monoisotopic (exact) mass is 597 g/mol. The van der Waals surface area contributed by atoms with E-state index in [4.69, 9.17) is 15.1 Å². The van der Waals surface area contributed by atoms with Gasteiger partial charge in [0, 0.05) is 22.4 Å². The first kappa shape index (κ1) is 26.5. The van der Waals surface area contributed by atoms with E-state index in [9.17, 15) is 9.90 Å². The van der Waals surface area contributed by atoms with E-state index >= 15 is 0 Å². The molecule has 8 atom stereocenters. The number of hydrogen-bond acceptors (Lipinski definition) is 6. The number of benzene rings is 1. The highest BCUT2D eigenvalue weighted by Crippen LogP contribution is 2.61. The lowest BCUT2D eigenvalue weighted by Crippen LogP contribution is -2.62. The van der Waals surface area contributed by atoms with E-state index in [1.165, 1.54) is 6.42 Å². The van der Waals surface area contributed by atoms with Crippen LogP contribution >= 0.6 is 22.6 Å². The number of carbonyl (C=O) groups is 1. The fraction of sp³-hybridized carbons (Fsp3) is 0.720. The van der Waals surface area contributed by atoms with Gasteiger partial charge < -0.3 is 15.2 Å². The Morgan fingerprint density at radius 2 is 2.20 bits per heavy atom. The highest BCUT2D eigenvalue weighted by Gasteiger charge is 2.57. The van der Waals surface area contributed by atoms with Gasteiger partial charge in [-0.1, -0.05) is 38.0 Å². The highest BCUT2D eigenvalue weighted by molar-refractivity contribution is 14.1. The summed E-state index contributed by atoms with van der Waals surface area (Å²) in [5.74, 6) is 1.63. The quantitative estimate of drug-likeness (QED) is 0.201. The first-order chi connectivity index (χ1) is 16.6. The second-order valence-electron chi connectivity index (χ2n) is 10.9. The van der Waals surface area contributed by atoms with Gasteiger partial charge in [0.1, 0.15) is 11.8 Å². The summed E-state index contributed by atoms with van der Waals surface area (Å²) < 4.78 is 6.57. The molecule has 0 unspecified atom stereocenters. The first-order valence-corrected chi connectivity index (χ1v) is 13.4. The molecular formula is C25H36IN5O4.